The fourth-order valence-electron chi connectivity index (χ4n) is 1.14. The van der Waals surface area contributed by atoms with Gasteiger partial charge in [0.15, 0.2) is 0 Å². The predicted molar refractivity (Wildman–Crippen MR) is 55.1 cm³/mol. The lowest BCUT2D eigenvalue weighted by molar-refractivity contribution is 0.286. The third kappa shape index (κ3) is 5.65. The third-order valence-electron chi connectivity index (χ3n) is 2.07. The van der Waals surface area contributed by atoms with Crippen molar-refractivity contribution in [2.24, 2.45) is 5.92 Å². The van der Waals surface area contributed by atoms with E-state index in [4.69, 9.17) is 15.8 Å². The molecule has 1 saturated heterocycles. The third-order valence-corrected chi connectivity index (χ3v) is 2.07. The van der Waals surface area contributed by atoms with Crippen molar-refractivity contribution in [2.75, 3.05) is 33.4 Å². The zero-order valence-corrected chi connectivity index (χ0v) is 9.14. The molecule has 0 unspecified atom stereocenters. The smallest absolute Gasteiger partial charge is 0.218 e. The maximum Gasteiger partial charge on any atom is 0.218 e. The molecule has 0 amide bonds. The highest BCUT2D eigenvalue weighted by Gasteiger charge is 2.12. The monoisotopic (exact) mass is 205 g/mol. The molecule has 0 atom stereocenters. The Labute approximate surface area is 90.7 Å². The van der Waals surface area contributed by atoms with Gasteiger partial charge >= 0.3 is 0 Å². The van der Waals surface area contributed by atoms with Crippen LogP contribution in [0.1, 0.15) is 6.92 Å². The molecule has 15 heavy (non-hydrogen) atoms. The van der Waals surface area contributed by atoms with Crippen LogP contribution < -0.4 is 0 Å². The van der Waals surface area contributed by atoms with Crippen molar-refractivity contribution < 1.29 is 0 Å². The summed E-state index contributed by atoms with van der Waals surface area (Å²) in [6.45, 7) is 7.07. The van der Waals surface area contributed by atoms with Gasteiger partial charge in [0.25, 0.3) is 0 Å². The number of nitriles is 3. The van der Waals surface area contributed by atoms with Crippen LogP contribution >= 0.6 is 0 Å². The Hall–Kier alpha value is -1.61. The van der Waals surface area contributed by atoms with Crippen molar-refractivity contribution in [3.8, 4) is 18.2 Å². The summed E-state index contributed by atoms with van der Waals surface area (Å²) in [5.74, 6) is -1.10. The molecule has 0 spiro atoms. The van der Waals surface area contributed by atoms with Crippen LogP contribution in [0.2, 0.25) is 0 Å². The number of rotatable bonds is 1. The second-order valence-corrected chi connectivity index (χ2v) is 3.25. The van der Waals surface area contributed by atoms with E-state index in [0.29, 0.717) is 0 Å². The fourth-order valence-corrected chi connectivity index (χ4v) is 1.14. The Bertz CT molecular complexity index is 259. The second kappa shape index (κ2) is 7.76. The highest BCUT2D eigenvalue weighted by molar-refractivity contribution is 5.11. The van der Waals surface area contributed by atoms with Crippen LogP contribution in [0.15, 0.2) is 0 Å². The Balaban J connectivity index is 0.000000265. The van der Waals surface area contributed by atoms with Gasteiger partial charge in [0.2, 0.25) is 5.92 Å². The molecule has 0 aromatic heterocycles. The maximum atomic E-state index is 7.83. The molecule has 1 rings (SSSR count). The van der Waals surface area contributed by atoms with Gasteiger partial charge in [-0.05, 0) is 13.6 Å². The standard InChI is InChI=1S/C6H14N2.C4HN3/c1-3-8-5-4-7(2)6-8;5-1-4(2-6)3-7/h3-6H2,1-2H3;4H. The molecule has 0 aromatic carbocycles. The largest absolute Gasteiger partial charge is 0.292 e. The van der Waals surface area contributed by atoms with Crippen molar-refractivity contribution in [3.63, 3.8) is 0 Å². The summed E-state index contributed by atoms with van der Waals surface area (Å²) in [4.78, 5) is 4.77. The van der Waals surface area contributed by atoms with E-state index in [-0.39, 0.29) is 0 Å². The Morgan fingerprint density at radius 3 is 1.80 bits per heavy atom. The molecule has 0 bridgehead atoms. The highest BCUT2D eigenvalue weighted by Crippen LogP contribution is 1.98. The first kappa shape index (κ1) is 13.4. The number of nitrogens with zero attached hydrogens (tertiary/aromatic N) is 5. The lowest BCUT2D eigenvalue weighted by Gasteiger charge is -2.10. The molecule has 80 valence electrons. The van der Waals surface area contributed by atoms with Crippen molar-refractivity contribution >= 4 is 0 Å². The summed E-state index contributed by atoms with van der Waals surface area (Å²) in [7, 11) is 2.16. The van der Waals surface area contributed by atoms with E-state index in [2.05, 4.69) is 23.8 Å². The van der Waals surface area contributed by atoms with Crippen molar-refractivity contribution in [1.82, 2.24) is 9.80 Å². The van der Waals surface area contributed by atoms with Gasteiger partial charge in [-0.25, -0.2) is 0 Å². The summed E-state index contributed by atoms with van der Waals surface area (Å²) in [6, 6.07) is 4.44. The first-order chi connectivity index (χ1) is 7.17. The van der Waals surface area contributed by atoms with Crippen LogP contribution in [0.4, 0.5) is 0 Å². The van der Waals surface area contributed by atoms with Crippen LogP contribution in [-0.2, 0) is 0 Å². The summed E-state index contributed by atoms with van der Waals surface area (Å²) in [5.41, 5.74) is 0. The minimum absolute atomic E-state index is 1.10. The van der Waals surface area contributed by atoms with Gasteiger partial charge in [0.05, 0.1) is 24.9 Å². The highest BCUT2D eigenvalue weighted by atomic mass is 15.4. The molecule has 5 heteroatoms. The summed E-state index contributed by atoms with van der Waals surface area (Å²) in [6.07, 6.45) is 0. The Kier molecular flexibility index (Phi) is 6.93. The molecule has 1 fully saturated rings. The molecule has 0 saturated carbocycles. The maximum absolute atomic E-state index is 7.83. The lowest BCUT2D eigenvalue weighted by atomic mass is 10.2. The number of hydrogen-bond donors (Lipinski definition) is 0. The second-order valence-electron chi connectivity index (χ2n) is 3.25. The van der Waals surface area contributed by atoms with Gasteiger partial charge in [-0.1, -0.05) is 6.92 Å². The average molecular weight is 205 g/mol. The Morgan fingerprint density at radius 1 is 1.13 bits per heavy atom. The van der Waals surface area contributed by atoms with Crippen molar-refractivity contribution in [2.45, 2.75) is 6.92 Å². The molecule has 1 heterocycles. The van der Waals surface area contributed by atoms with Gasteiger partial charge < -0.3 is 0 Å². The van der Waals surface area contributed by atoms with E-state index in [9.17, 15) is 0 Å². The molecule has 0 aliphatic carbocycles. The van der Waals surface area contributed by atoms with E-state index in [0.717, 1.165) is 6.67 Å². The van der Waals surface area contributed by atoms with Crippen LogP contribution in [0.3, 0.4) is 0 Å². The van der Waals surface area contributed by atoms with Crippen molar-refractivity contribution in [1.29, 1.82) is 15.8 Å². The Morgan fingerprint density at radius 2 is 1.67 bits per heavy atom. The van der Waals surface area contributed by atoms with Gasteiger partial charge in [0, 0.05) is 13.1 Å². The van der Waals surface area contributed by atoms with E-state index in [1.807, 2.05) is 0 Å². The molecule has 1 aliphatic heterocycles. The molecule has 1 aliphatic rings. The lowest BCUT2D eigenvalue weighted by Crippen LogP contribution is -2.22. The first-order valence-electron chi connectivity index (χ1n) is 4.77. The molecule has 0 aromatic rings. The van der Waals surface area contributed by atoms with E-state index in [1.54, 1.807) is 0 Å². The van der Waals surface area contributed by atoms with Gasteiger partial charge in [-0.2, -0.15) is 15.8 Å². The van der Waals surface area contributed by atoms with Crippen molar-refractivity contribution in [3.05, 3.63) is 0 Å². The molecule has 0 N–H and O–H groups in total. The first-order valence-corrected chi connectivity index (χ1v) is 4.77. The van der Waals surface area contributed by atoms with Gasteiger partial charge in [-0.15, -0.1) is 0 Å². The van der Waals surface area contributed by atoms with Crippen LogP contribution in [-0.4, -0.2) is 43.2 Å². The van der Waals surface area contributed by atoms with Crippen LogP contribution in [0.5, 0.6) is 0 Å². The van der Waals surface area contributed by atoms with Gasteiger partial charge in [0.1, 0.15) is 0 Å². The van der Waals surface area contributed by atoms with E-state index < -0.39 is 5.92 Å². The minimum atomic E-state index is -1.10. The van der Waals surface area contributed by atoms with E-state index in [1.165, 1.54) is 37.8 Å². The van der Waals surface area contributed by atoms with Crippen LogP contribution in [0, 0.1) is 39.9 Å². The number of likely N-dealkylation sites (N-methyl/N-ethyl adjacent to an activating group) is 2. The molecular weight excluding hydrogens is 190 g/mol. The topological polar surface area (TPSA) is 77.8 Å². The predicted octanol–water partition coefficient (Wildman–Crippen LogP) is 0.385. The summed E-state index contributed by atoms with van der Waals surface area (Å²) in [5, 5.41) is 23.5. The summed E-state index contributed by atoms with van der Waals surface area (Å²) < 4.78 is 0. The molecular formula is C10H15N5. The van der Waals surface area contributed by atoms with Gasteiger partial charge in [-0.3, -0.25) is 9.80 Å². The SMILES string of the molecule is CCN1CCN(C)C1.N#CC(C#N)C#N. The zero-order chi connectivity index (χ0) is 11.7. The number of hydrogen-bond acceptors (Lipinski definition) is 5. The zero-order valence-electron chi connectivity index (χ0n) is 9.14. The fraction of sp³-hybridized carbons (Fsp3) is 0.700. The minimum Gasteiger partial charge on any atom is -0.292 e. The van der Waals surface area contributed by atoms with Crippen LogP contribution in [0.25, 0.3) is 0 Å². The molecule has 5 nitrogen and oxygen atoms in total. The molecule has 0 radical (unpaired) electrons. The average Bonchev–Trinajstić information content (AvgIpc) is 2.68. The quantitative estimate of drug-likeness (QED) is 0.618. The normalized spacial score (nSPS) is 16.0. The summed E-state index contributed by atoms with van der Waals surface area (Å²) >= 11 is 0. The van der Waals surface area contributed by atoms with E-state index >= 15 is 0 Å².